The average molecular weight is 395 g/mol. The molecule has 0 atom stereocenters. The maximum atomic E-state index is 13.2. The Kier molecular flexibility index (Phi) is 4.92. The van der Waals surface area contributed by atoms with Crippen molar-refractivity contribution in [1.29, 1.82) is 0 Å². The molecule has 6 nitrogen and oxygen atoms in total. The van der Waals surface area contributed by atoms with Gasteiger partial charge in [-0.25, -0.2) is 8.42 Å². The fourth-order valence-corrected chi connectivity index (χ4v) is 4.67. The normalized spacial score (nSPS) is 13.3. The number of fused-ring (bicyclic) bond motifs is 1. The molecule has 1 aliphatic rings. The second-order valence-corrected chi connectivity index (χ2v) is 8.26. The van der Waals surface area contributed by atoms with Crippen molar-refractivity contribution >= 4 is 21.4 Å². The highest BCUT2D eigenvalue weighted by molar-refractivity contribution is 7.92. The second-order valence-electron chi connectivity index (χ2n) is 6.61. The van der Waals surface area contributed by atoms with E-state index in [2.05, 4.69) is 21.1 Å². The molecule has 0 bridgehead atoms. The molecule has 0 fully saturated rings. The predicted molar refractivity (Wildman–Crippen MR) is 110 cm³/mol. The minimum Gasteiger partial charge on any atom is -0.497 e. The summed E-state index contributed by atoms with van der Waals surface area (Å²) < 4.78 is 34.2. The van der Waals surface area contributed by atoms with Crippen molar-refractivity contribution in [1.82, 2.24) is 4.98 Å². The summed E-state index contributed by atoms with van der Waals surface area (Å²) in [4.78, 5) is 4.30. The van der Waals surface area contributed by atoms with Gasteiger partial charge in [0.1, 0.15) is 10.6 Å². The number of methoxy groups -OCH3 is 1. The van der Waals surface area contributed by atoms with Crippen LogP contribution in [0.2, 0.25) is 0 Å². The van der Waals surface area contributed by atoms with Crippen molar-refractivity contribution in [2.75, 3.05) is 23.7 Å². The lowest BCUT2D eigenvalue weighted by molar-refractivity contribution is 0.415. The standard InChI is InChI=1S/C21H21N3O3S/c1-27-19-6-4-18(5-7-19)24-28(25,26)20-14-17(15-8-11-22-12-9-15)13-16-3-2-10-23-21(16)20/h4-9,11-14,23-24H,2-3,10H2,1H3. The average Bonchev–Trinajstić information content (AvgIpc) is 2.74. The van der Waals surface area contributed by atoms with Crippen LogP contribution in [-0.4, -0.2) is 27.1 Å². The van der Waals surface area contributed by atoms with E-state index >= 15 is 0 Å². The summed E-state index contributed by atoms with van der Waals surface area (Å²) in [7, 11) is -2.20. The van der Waals surface area contributed by atoms with E-state index in [-0.39, 0.29) is 4.90 Å². The summed E-state index contributed by atoms with van der Waals surface area (Å²) in [6.45, 7) is 0.757. The molecule has 2 N–H and O–H groups in total. The maximum Gasteiger partial charge on any atom is 0.263 e. The van der Waals surface area contributed by atoms with Gasteiger partial charge in [-0.2, -0.15) is 0 Å². The van der Waals surface area contributed by atoms with E-state index in [0.29, 0.717) is 17.1 Å². The number of benzene rings is 2. The molecular formula is C21H21N3O3S. The molecule has 1 aromatic heterocycles. The third-order valence-electron chi connectivity index (χ3n) is 4.75. The van der Waals surface area contributed by atoms with Crippen molar-refractivity contribution in [2.45, 2.75) is 17.7 Å². The Morgan fingerprint density at radius 3 is 2.50 bits per heavy atom. The number of aryl methyl sites for hydroxylation is 1. The fourth-order valence-electron chi connectivity index (χ4n) is 3.36. The zero-order valence-electron chi connectivity index (χ0n) is 15.5. The summed E-state index contributed by atoms with van der Waals surface area (Å²) in [6.07, 6.45) is 5.22. The molecule has 0 spiro atoms. The first-order valence-electron chi connectivity index (χ1n) is 9.05. The number of hydrogen-bond acceptors (Lipinski definition) is 5. The van der Waals surface area contributed by atoms with E-state index in [9.17, 15) is 8.42 Å². The number of anilines is 2. The third-order valence-corrected chi connectivity index (χ3v) is 6.16. The van der Waals surface area contributed by atoms with Gasteiger partial charge in [-0.3, -0.25) is 9.71 Å². The smallest absolute Gasteiger partial charge is 0.263 e. The molecule has 4 rings (SSSR count). The van der Waals surface area contributed by atoms with Gasteiger partial charge in [0.05, 0.1) is 12.8 Å². The SMILES string of the molecule is COc1ccc(NS(=O)(=O)c2cc(-c3ccncc3)cc3c2NCCC3)cc1. The first kappa shape index (κ1) is 18.3. The second kappa shape index (κ2) is 7.52. The van der Waals surface area contributed by atoms with Gasteiger partial charge in [-0.15, -0.1) is 0 Å². The number of rotatable bonds is 5. The number of aromatic nitrogens is 1. The van der Waals surface area contributed by atoms with E-state index in [1.807, 2.05) is 12.1 Å². The fraction of sp³-hybridized carbons (Fsp3) is 0.190. The van der Waals surface area contributed by atoms with Crippen LogP contribution in [0.5, 0.6) is 5.75 Å². The molecule has 2 heterocycles. The first-order chi connectivity index (χ1) is 13.6. The van der Waals surface area contributed by atoms with Crippen LogP contribution in [0.1, 0.15) is 12.0 Å². The molecule has 0 saturated carbocycles. The van der Waals surface area contributed by atoms with Gasteiger partial charge in [0.2, 0.25) is 0 Å². The predicted octanol–water partition coefficient (Wildman–Crippen LogP) is 3.92. The van der Waals surface area contributed by atoms with Crippen molar-refractivity contribution in [3.8, 4) is 16.9 Å². The number of hydrogen-bond donors (Lipinski definition) is 2. The summed E-state index contributed by atoms with van der Waals surface area (Å²) in [5.74, 6) is 0.668. The summed E-state index contributed by atoms with van der Waals surface area (Å²) >= 11 is 0. The lowest BCUT2D eigenvalue weighted by Crippen LogP contribution is -2.20. The Hall–Kier alpha value is -3.06. The van der Waals surface area contributed by atoms with Gasteiger partial charge in [-0.05, 0) is 78.1 Å². The van der Waals surface area contributed by atoms with Gasteiger partial charge in [0, 0.05) is 24.6 Å². The largest absolute Gasteiger partial charge is 0.497 e. The summed E-state index contributed by atoms with van der Waals surface area (Å²) in [5.41, 5.74) is 3.98. The summed E-state index contributed by atoms with van der Waals surface area (Å²) in [6, 6.07) is 14.3. The quantitative estimate of drug-likeness (QED) is 0.684. The van der Waals surface area contributed by atoms with Crippen LogP contribution in [0.4, 0.5) is 11.4 Å². The van der Waals surface area contributed by atoms with Crippen molar-refractivity contribution < 1.29 is 13.2 Å². The Morgan fingerprint density at radius 1 is 1.04 bits per heavy atom. The van der Waals surface area contributed by atoms with Crippen LogP contribution in [0.25, 0.3) is 11.1 Å². The lowest BCUT2D eigenvalue weighted by Gasteiger charge is -2.23. The highest BCUT2D eigenvalue weighted by Gasteiger charge is 2.24. The molecule has 7 heteroatoms. The molecule has 0 amide bonds. The van der Waals surface area contributed by atoms with Crippen LogP contribution < -0.4 is 14.8 Å². The zero-order valence-corrected chi connectivity index (χ0v) is 16.3. The van der Waals surface area contributed by atoms with Crippen LogP contribution in [0, 0.1) is 0 Å². The van der Waals surface area contributed by atoms with Crippen LogP contribution in [-0.2, 0) is 16.4 Å². The molecule has 0 unspecified atom stereocenters. The van der Waals surface area contributed by atoms with Gasteiger partial charge >= 0.3 is 0 Å². The highest BCUT2D eigenvalue weighted by Crippen LogP contribution is 2.35. The number of nitrogens with zero attached hydrogens (tertiary/aromatic N) is 1. The number of sulfonamides is 1. The minimum atomic E-state index is -3.77. The van der Waals surface area contributed by atoms with E-state index in [1.165, 1.54) is 0 Å². The zero-order chi connectivity index (χ0) is 19.6. The molecule has 0 radical (unpaired) electrons. The minimum absolute atomic E-state index is 0.257. The molecule has 2 aromatic carbocycles. The molecular weight excluding hydrogens is 374 g/mol. The maximum absolute atomic E-state index is 13.2. The molecule has 0 aliphatic carbocycles. The first-order valence-corrected chi connectivity index (χ1v) is 10.5. The van der Waals surface area contributed by atoms with Crippen molar-refractivity contribution in [2.24, 2.45) is 0 Å². The van der Waals surface area contributed by atoms with E-state index in [0.717, 1.165) is 36.1 Å². The molecule has 1 aliphatic heterocycles. The van der Waals surface area contributed by atoms with E-state index < -0.39 is 10.0 Å². The Labute approximate surface area is 164 Å². The highest BCUT2D eigenvalue weighted by atomic mass is 32.2. The van der Waals surface area contributed by atoms with Gasteiger partial charge < -0.3 is 10.1 Å². The lowest BCUT2D eigenvalue weighted by atomic mass is 9.98. The molecule has 3 aromatic rings. The monoisotopic (exact) mass is 395 g/mol. The van der Waals surface area contributed by atoms with Gasteiger partial charge in [0.15, 0.2) is 0 Å². The topological polar surface area (TPSA) is 80.3 Å². The van der Waals surface area contributed by atoms with Gasteiger partial charge in [0.25, 0.3) is 10.0 Å². The van der Waals surface area contributed by atoms with E-state index in [4.69, 9.17) is 4.74 Å². The van der Waals surface area contributed by atoms with Crippen LogP contribution in [0.3, 0.4) is 0 Å². The van der Waals surface area contributed by atoms with Crippen molar-refractivity contribution in [3.63, 3.8) is 0 Å². The molecule has 144 valence electrons. The number of nitrogens with one attached hydrogen (secondary N) is 2. The van der Waals surface area contributed by atoms with Crippen LogP contribution >= 0.6 is 0 Å². The van der Waals surface area contributed by atoms with E-state index in [1.54, 1.807) is 49.8 Å². The van der Waals surface area contributed by atoms with Crippen molar-refractivity contribution in [3.05, 3.63) is 66.5 Å². The Bertz CT molecular complexity index is 1080. The number of pyridine rings is 1. The Morgan fingerprint density at radius 2 is 1.79 bits per heavy atom. The number of ether oxygens (including phenoxy) is 1. The van der Waals surface area contributed by atoms with Gasteiger partial charge in [-0.1, -0.05) is 0 Å². The third kappa shape index (κ3) is 3.66. The molecule has 0 saturated heterocycles. The Balaban J connectivity index is 1.78. The van der Waals surface area contributed by atoms with Crippen LogP contribution in [0.15, 0.2) is 65.8 Å². The molecule has 28 heavy (non-hydrogen) atoms. The summed E-state index contributed by atoms with van der Waals surface area (Å²) in [5, 5.41) is 3.27.